The van der Waals surface area contributed by atoms with Crippen LogP contribution in [0.5, 0.6) is 0 Å². The zero-order valence-electron chi connectivity index (χ0n) is 12.9. The minimum atomic E-state index is 0.357. The van der Waals surface area contributed by atoms with E-state index in [4.69, 9.17) is 16.3 Å². The molecule has 0 bridgehead atoms. The number of halogens is 1. The van der Waals surface area contributed by atoms with Crippen LogP contribution in [0.3, 0.4) is 0 Å². The van der Waals surface area contributed by atoms with Crippen LogP contribution in [0.2, 0.25) is 5.02 Å². The fraction of sp³-hybridized carbons (Fsp3) is 0.625. The lowest BCUT2D eigenvalue weighted by molar-refractivity contribution is 0.148. The van der Waals surface area contributed by atoms with E-state index in [0.29, 0.717) is 6.04 Å². The fourth-order valence-electron chi connectivity index (χ4n) is 2.32. The van der Waals surface area contributed by atoms with Gasteiger partial charge in [-0.1, -0.05) is 37.6 Å². The predicted molar refractivity (Wildman–Crippen MR) is 86.5 cm³/mol. The summed E-state index contributed by atoms with van der Waals surface area (Å²) in [5.41, 5.74) is 1.27. The van der Waals surface area contributed by atoms with Crippen molar-refractivity contribution in [1.29, 1.82) is 0 Å². The summed E-state index contributed by atoms with van der Waals surface area (Å²) in [6.45, 7) is 9.18. The third-order valence-corrected chi connectivity index (χ3v) is 3.73. The molecule has 0 radical (unpaired) electrons. The molecule has 0 spiro atoms. The molecule has 1 aromatic rings. The molecule has 20 heavy (non-hydrogen) atoms. The molecule has 4 heteroatoms. The van der Waals surface area contributed by atoms with Gasteiger partial charge in [0.2, 0.25) is 0 Å². The summed E-state index contributed by atoms with van der Waals surface area (Å²) < 4.78 is 5.15. The molecule has 0 aliphatic heterocycles. The molecule has 0 saturated heterocycles. The number of hydrogen-bond acceptors (Lipinski definition) is 3. The monoisotopic (exact) mass is 298 g/mol. The molecule has 0 fully saturated rings. The number of ether oxygens (including phenoxy) is 1. The van der Waals surface area contributed by atoms with Gasteiger partial charge in [-0.05, 0) is 37.2 Å². The van der Waals surface area contributed by atoms with Crippen LogP contribution in [0, 0.1) is 0 Å². The number of nitrogens with one attached hydrogen (secondary N) is 1. The number of rotatable bonds is 10. The van der Waals surface area contributed by atoms with E-state index in [1.807, 2.05) is 12.1 Å². The van der Waals surface area contributed by atoms with Crippen molar-refractivity contribution < 1.29 is 4.74 Å². The maximum absolute atomic E-state index is 6.09. The average Bonchev–Trinajstić information content (AvgIpc) is 2.46. The quantitative estimate of drug-likeness (QED) is 0.717. The first-order valence-electron chi connectivity index (χ1n) is 7.41. The SMILES string of the molecule is CCNC(CCN(CC)CCOC)c1cccc(Cl)c1. The van der Waals surface area contributed by atoms with Crippen LogP contribution < -0.4 is 5.32 Å². The van der Waals surface area contributed by atoms with Crippen LogP contribution in [-0.4, -0.2) is 44.8 Å². The smallest absolute Gasteiger partial charge is 0.0589 e. The third kappa shape index (κ3) is 6.23. The molecule has 114 valence electrons. The third-order valence-electron chi connectivity index (χ3n) is 3.49. The van der Waals surface area contributed by atoms with Crippen molar-refractivity contribution in [2.75, 3.05) is 39.9 Å². The van der Waals surface area contributed by atoms with Gasteiger partial charge in [0.05, 0.1) is 6.61 Å². The van der Waals surface area contributed by atoms with Gasteiger partial charge in [-0.25, -0.2) is 0 Å². The molecule has 0 amide bonds. The van der Waals surface area contributed by atoms with E-state index < -0.39 is 0 Å². The van der Waals surface area contributed by atoms with Gasteiger partial charge in [0.15, 0.2) is 0 Å². The Labute approximate surface area is 128 Å². The highest BCUT2D eigenvalue weighted by atomic mass is 35.5. The van der Waals surface area contributed by atoms with Gasteiger partial charge in [-0.3, -0.25) is 0 Å². The molecule has 0 heterocycles. The van der Waals surface area contributed by atoms with Crippen LogP contribution in [0.1, 0.15) is 31.9 Å². The molecule has 0 aromatic heterocycles. The highest BCUT2D eigenvalue weighted by Crippen LogP contribution is 2.20. The lowest BCUT2D eigenvalue weighted by Crippen LogP contribution is -2.31. The Kier molecular flexibility index (Phi) is 8.86. The van der Waals surface area contributed by atoms with Gasteiger partial charge in [0.1, 0.15) is 0 Å². The lowest BCUT2D eigenvalue weighted by Gasteiger charge is -2.24. The van der Waals surface area contributed by atoms with Crippen LogP contribution >= 0.6 is 11.6 Å². The lowest BCUT2D eigenvalue weighted by atomic mass is 10.0. The molecule has 1 N–H and O–H groups in total. The van der Waals surface area contributed by atoms with Gasteiger partial charge < -0.3 is 15.0 Å². The zero-order valence-corrected chi connectivity index (χ0v) is 13.6. The second kappa shape index (κ2) is 10.2. The van der Waals surface area contributed by atoms with E-state index in [1.165, 1.54) is 5.56 Å². The number of hydrogen-bond donors (Lipinski definition) is 1. The number of likely N-dealkylation sites (N-methyl/N-ethyl adjacent to an activating group) is 1. The molecule has 1 rings (SSSR count). The zero-order chi connectivity index (χ0) is 14.8. The summed E-state index contributed by atoms with van der Waals surface area (Å²) in [7, 11) is 1.75. The van der Waals surface area contributed by atoms with Crippen LogP contribution in [0.15, 0.2) is 24.3 Å². The Balaban J connectivity index is 2.58. The highest BCUT2D eigenvalue weighted by Gasteiger charge is 2.12. The number of benzene rings is 1. The standard InChI is InChI=1S/C16H27ClN2O/c1-4-18-16(14-7-6-8-15(17)13-14)9-10-19(5-2)11-12-20-3/h6-8,13,16,18H,4-5,9-12H2,1-3H3. The summed E-state index contributed by atoms with van der Waals surface area (Å²) in [5.74, 6) is 0. The Bertz CT molecular complexity index is 373. The Morgan fingerprint density at radius 1 is 1.30 bits per heavy atom. The molecular formula is C16H27ClN2O. The van der Waals surface area contributed by atoms with Gasteiger partial charge in [0, 0.05) is 31.3 Å². The summed E-state index contributed by atoms with van der Waals surface area (Å²) in [4.78, 5) is 2.42. The first-order chi connectivity index (χ1) is 9.71. The molecule has 0 saturated carbocycles. The van der Waals surface area contributed by atoms with Crippen molar-refractivity contribution in [1.82, 2.24) is 10.2 Å². The second-order valence-corrected chi connectivity index (χ2v) is 5.32. The average molecular weight is 299 g/mol. The highest BCUT2D eigenvalue weighted by molar-refractivity contribution is 6.30. The van der Waals surface area contributed by atoms with Gasteiger partial charge in [-0.15, -0.1) is 0 Å². The topological polar surface area (TPSA) is 24.5 Å². The fourth-order valence-corrected chi connectivity index (χ4v) is 2.52. The molecule has 1 atom stereocenters. The maximum atomic E-state index is 6.09. The Morgan fingerprint density at radius 3 is 2.70 bits per heavy atom. The van der Waals surface area contributed by atoms with Crippen LogP contribution in [0.25, 0.3) is 0 Å². The van der Waals surface area contributed by atoms with Crippen molar-refractivity contribution >= 4 is 11.6 Å². The molecule has 0 aliphatic carbocycles. The molecule has 3 nitrogen and oxygen atoms in total. The van der Waals surface area contributed by atoms with Gasteiger partial charge in [-0.2, -0.15) is 0 Å². The van der Waals surface area contributed by atoms with Crippen molar-refractivity contribution in [2.24, 2.45) is 0 Å². The van der Waals surface area contributed by atoms with E-state index in [2.05, 4.69) is 36.2 Å². The molecular weight excluding hydrogens is 272 g/mol. The van der Waals surface area contributed by atoms with Crippen molar-refractivity contribution in [2.45, 2.75) is 26.3 Å². The summed E-state index contributed by atoms with van der Waals surface area (Å²) in [5, 5.41) is 4.35. The summed E-state index contributed by atoms with van der Waals surface area (Å²) in [6, 6.07) is 8.50. The van der Waals surface area contributed by atoms with E-state index in [1.54, 1.807) is 7.11 Å². The van der Waals surface area contributed by atoms with Gasteiger partial charge in [0.25, 0.3) is 0 Å². The molecule has 1 unspecified atom stereocenters. The Hall–Kier alpha value is -0.610. The molecule has 1 aromatic carbocycles. The maximum Gasteiger partial charge on any atom is 0.0589 e. The molecule has 0 aliphatic rings. The van der Waals surface area contributed by atoms with E-state index in [9.17, 15) is 0 Å². The van der Waals surface area contributed by atoms with Crippen molar-refractivity contribution in [3.63, 3.8) is 0 Å². The predicted octanol–water partition coefficient (Wildman–Crippen LogP) is 3.35. The van der Waals surface area contributed by atoms with Crippen LogP contribution in [-0.2, 0) is 4.74 Å². The number of nitrogens with zero attached hydrogens (tertiary/aromatic N) is 1. The minimum absolute atomic E-state index is 0.357. The van der Waals surface area contributed by atoms with E-state index in [0.717, 1.165) is 44.2 Å². The van der Waals surface area contributed by atoms with Crippen molar-refractivity contribution in [3.05, 3.63) is 34.9 Å². The van der Waals surface area contributed by atoms with Crippen molar-refractivity contribution in [3.8, 4) is 0 Å². The minimum Gasteiger partial charge on any atom is -0.383 e. The summed E-state index contributed by atoms with van der Waals surface area (Å²) >= 11 is 6.09. The first-order valence-corrected chi connectivity index (χ1v) is 7.79. The first kappa shape index (κ1) is 17.4. The Morgan fingerprint density at radius 2 is 2.10 bits per heavy atom. The summed E-state index contributed by atoms with van der Waals surface area (Å²) in [6.07, 6.45) is 1.08. The van der Waals surface area contributed by atoms with E-state index in [-0.39, 0.29) is 0 Å². The normalized spacial score (nSPS) is 12.8. The largest absolute Gasteiger partial charge is 0.383 e. The number of methoxy groups -OCH3 is 1. The van der Waals surface area contributed by atoms with Crippen LogP contribution in [0.4, 0.5) is 0 Å². The second-order valence-electron chi connectivity index (χ2n) is 4.88. The van der Waals surface area contributed by atoms with Gasteiger partial charge >= 0.3 is 0 Å². The van der Waals surface area contributed by atoms with E-state index >= 15 is 0 Å².